The number of carbonyl (C=O) groups excluding carboxylic acids is 1. The van der Waals surface area contributed by atoms with Crippen molar-refractivity contribution in [3.8, 4) is 0 Å². The number of nitrogens with two attached hydrogens (primary N) is 1. The van der Waals surface area contributed by atoms with Crippen LogP contribution in [0.2, 0.25) is 0 Å². The molecule has 0 saturated carbocycles. The quantitative estimate of drug-likeness (QED) is 0.141. The van der Waals surface area contributed by atoms with Crippen molar-refractivity contribution in [2.24, 2.45) is 20.7 Å². The van der Waals surface area contributed by atoms with Crippen molar-refractivity contribution in [1.29, 1.82) is 5.41 Å². The van der Waals surface area contributed by atoms with Gasteiger partial charge in [-0.3, -0.25) is 15.2 Å². The summed E-state index contributed by atoms with van der Waals surface area (Å²) in [5, 5.41) is 12.1. The first kappa shape index (κ1) is 30.3. The number of ether oxygens (including phenoxy) is 2. The number of nitrogens with zero attached hydrogens (tertiary/aromatic N) is 5. The van der Waals surface area contributed by atoms with Gasteiger partial charge >= 0.3 is 0 Å². The molecule has 4 rings (SSSR count). The third-order valence-electron chi connectivity index (χ3n) is 5.94. The number of amidine groups is 1. The highest BCUT2D eigenvalue weighted by atomic mass is 32.2. The number of hydrogen-bond acceptors (Lipinski definition) is 11. The fraction of sp³-hybridized carbons (Fsp3) is 0.200. The molecule has 4 N–H and O–H groups in total. The highest BCUT2D eigenvalue weighted by molar-refractivity contribution is 8.12. The third kappa shape index (κ3) is 8.43. The second-order valence-corrected chi connectivity index (χ2v) is 9.91. The van der Waals surface area contributed by atoms with Crippen LogP contribution in [0.5, 0.6) is 0 Å². The van der Waals surface area contributed by atoms with Crippen molar-refractivity contribution in [2.45, 2.75) is 6.17 Å². The Kier molecular flexibility index (Phi) is 11.1. The Bertz CT molecular complexity index is 1470. The van der Waals surface area contributed by atoms with Crippen LogP contribution >= 0.6 is 11.9 Å². The van der Waals surface area contributed by atoms with Gasteiger partial charge in [-0.05, 0) is 30.1 Å². The lowest BCUT2D eigenvalue weighted by molar-refractivity contribution is -0.108. The van der Waals surface area contributed by atoms with Crippen molar-refractivity contribution in [3.63, 3.8) is 0 Å². The van der Waals surface area contributed by atoms with Gasteiger partial charge < -0.3 is 20.5 Å². The second kappa shape index (κ2) is 15.4. The largest absolute Gasteiger partial charge is 0.405 e. The van der Waals surface area contributed by atoms with Crippen molar-refractivity contribution in [1.82, 2.24) is 9.29 Å². The van der Waals surface area contributed by atoms with Crippen LogP contribution in [0.3, 0.4) is 0 Å². The zero-order valence-electron chi connectivity index (χ0n) is 23.1. The fourth-order valence-corrected chi connectivity index (χ4v) is 4.86. The summed E-state index contributed by atoms with van der Waals surface area (Å²) in [5.74, 6) is -0.419. The van der Waals surface area contributed by atoms with Gasteiger partial charge in [-0.15, -0.1) is 0 Å². The van der Waals surface area contributed by atoms with E-state index in [1.807, 2.05) is 67.7 Å². The lowest BCUT2D eigenvalue weighted by Gasteiger charge is -2.25. The van der Waals surface area contributed by atoms with E-state index in [0.29, 0.717) is 30.3 Å². The lowest BCUT2D eigenvalue weighted by atomic mass is 10.0. The number of morpholine rings is 1. The Morgan fingerprint density at radius 2 is 1.83 bits per heavy atom. The zero-order chi connectivity index (χ0) is 29.7. The molecule has 1 fully saturated rings. The summed E-state index contributed by atoms with van der Waals surface area (Å²) < 4.78 is 13.0. The monoisotopic (exact) mass is 584 g/mol. The van der Waals surface area contributed by atoms with Crippen LogP contribution in [-0.4, -0.2) is 77.8 Å². The van der Waals surface area contributed by atoms with Gasteiger partial charge in [-0.25, -0.2) is 19.3 Å². The normalized spacial score (nSPS) is 15.5. The summed E-state index contributed by atoms with van der Waals surface area (Å²) in [4.78, 5) is 29.5. The van der Waals surface area contributed by atoms with Crippen molar-refractivity contribution < 1.29 is 14.3 Å². The first-order valence-electron chi connectivity index (χ1n) is 13.1. The molecule has 0 spiro atoms. The molecule has 1 atom stereocenters. The molecule has 216 valence electrons. The van der Waals surface area contributed by atoms with Crippen LogP contribution < -0.4 is 11.1 Å². The SMILES string of the molecule is C=C(N=C(SN1CCOCC1)c1cccnc1)C(=N)OC(N)=NC(C=O)N=C(c1ccccc1)c1ccccc1NC. The van der Waals surface area contributed by atoms with Crippen LogP contribution in [0.25, 0.3) is 0 Å². The summed E-state index contributed by atoms with van der Waals surface area (Å²) in [5.41, 5.74) is 9.73. The minimum Gasteiger partial charge on any atom is -0.405 e. The van der Waals surface area contributed by atoms with Crippen LogP contribution in [0.1, 0.15) is 16.7 Å². The molecule has 0 bridgehead atoms. The number of nitrogens with one attached hydrogen (secondary N) is 2. The summed E-state index contributed by atoms with van der Waals surface area (Å²) >= 11 is 1.42. The van der Waals surface area contributed by atoms with Crippen molar-refractivity contribution >= 4 is 46.6 Å². The molecule has 1 unspecified atom stereocenters. The number of carbonyl (C=O) groups is 1. The minimum atomic E-state index is -1.22. The molecule has 0 aliphatic carbocycles. The van der Waals surface area contributed by atoms with Gasteiger partial charge in [0.2, 0.25) is 12.1 Å². The summed E-state index contributed by atoms with van der Waals surface area (Å²) in [6.07, 6.45) is 2.68. The molecule has 11 nitrogen and oxygen atoms in total. The highest BCUT2D eigenvalue weighted by Crippen LogP contribution is 2.22. The van der Waals surface area contributed by atoms with E-state index in [0.717, 1.165) is 35.5 Å². The number of benzene rings is 2. The van der Waals surface area contributed by atoms with Gasteiger partial charge in [0.1, 0.15) is 10.7 Å². The number of para-hydroxylation sites is 1. The van der Waals surface area contributed by atoms with E-state index in [1.165, 1.54) is 11.9 Å². The van der Waals surface area contributed by atoms with Gasteiger partial charge in [0.15, 0.2) is 6.29 Å². The molecular formula is C30H32N8O3S. The minimum absolute atomic E-state index is 0.0202. The maximum absolute atomic E-state index is 12.0. The molecular weight excluding hydrogens is 552 g/mol. The molecule has 3 aromatic rings. The van der Waals surface area contributed by atoms with E-state index in [-0.39, 0.29) is 5.70 Å². The van der Waals surface area contributed by atoms with E-state index in [2.05, 4.69) is 36.2 Å². The number of anilines is 1. The molecule has 2 aromatic carbocycles. The average Bonchev–Trinajstić information content (AvgIpc) is 3.04. The fourth-order valence-electron chi connectivity index (χ4n) is 3.91. The Balaban J connectivity index is 1.55. The van der Waals surface area contributed by atoms with E-state index >= 15 is 0 Å². The van der Waals surface area contributed by atoms with Crippen LogP contribution in [0.15, 0.2) is 106 Å². The number of rotatable bonds is 10. The third-order valence-corrected chi connectivity index (χ3v) is 7.06. The first-order chi connectivity index (χ1) is 20.5. The standard InChI is InChI=1S/C30H32N8O3S/c1-21(35-29(23-11-8-14-34-19-23)42-38-15-17-40-18-16-38)28(31)41-30(32)37-26(20-39)36-27(22-9-4-3-5-10-22)24-12-6-7-13-25(24)33-2/h3-14,19-20,26,31,33H,1,15-18H2,2H3,(H2,32,37). The predicted octanol–water partition coefficient (Wildman–Crippen LogP) is 3.74. The number of hydrogen-bond donors (Lipinski definition) is 3. The molecule has 1 aliphatic heterocycles. The van der Waals surface area contributed by atoms with Gasteiger partial charge in [0, 0.05) is 54.9 Å². The van der Waals surface area contributed by atoms with E-state index in [1.54, 1.807) is 18.5 Å². The van der Waals surface area contributed by atoms with Gasteiger partial charge in [-0.1, -0.05) is 55.1 Å². The number of aromatic nitrogens is 1. The molecule has 1 aromatic heterocycles. The van der Waals surface area contributed by atoms with Gasteiger partial charge in [-0.2, -0.15) is 0 Å². The van der Waals surface area contributed by atoms with Crippen LogP contribution in [0, 0.1) is 5.41 Å². The van der Waals surface area contributed by atoms with Gasteiger partial charge in [0.05, 0.1) is 18.9 Å². The van der Waals surface area contributed by atoms with Gasteiger partial charge in [0.25, 0.3) is 6.02 Å². The smallest absolute Gasteiger partial charge is 0.291 e. The Hall–Kier alpha value is -4.65. The highest BCUT2D eigenvalue weighted by Gasteiger charge is 2.18. The first-order valence-corrected chi connectivity index (χ1v) is 13.9. The van der Waals surface area contributed by atoms with Crippen molar-refractivity contribution in [3.05, 3.63) is 108 Å². The lowest BCUT2D eigenvalue weighted by Crippen LogP contribution is -2.32. The van der Waals surface area contributed by atoms with Crippen LogP contribution in [-0.2, 0) is 14.3 Å². The molecule has 12 heteroatoms. The summed E-state index contributed by atoms with van der Waals surface area (Å²) in [7, 11) is 1.81. The molecule has 2 heterocycles. The molecule has 1 saturated heterocycles. The number of aldehydes is 1. The maximum atomic E-state index is 12.0. The molecule has 0 amide bonds. The van der Waals surface area contributed by atoms with Crippen LogP contribution in [0.4, 0.5) is 5.69 Å². The summed E-state index contributed by atoms with van der Waals surface area (Å²) in [6.45, 7) is 6.57. The van der Waals surface area contributed by atoms with E-state index in [9.17, 15) is 4.79 Å². The average molecular weight is 585 g/mol. The predicted molar refractivity (Wildman–Crippen MR) is 168 cm³/mol. The van der Waals surface area contributed by atoms with E-state index < -0.39 is 18.1 Å². The Labute approximate surface area is 248 Å². The molecule has 1 aliphatic rings. The topological polar surface area (TPSA) is 151 Å². The molecule has 0 radical (unpaired) electrons. The van der Waals surface area contributed by atoms with E-state index in [4.69, 9.17) is 20.6 Å². The maximum Gasteiger partial charge on any atom is 0.291 e. The Morgan fingerprint density at radius 1 is 1.12 bits per heavy atom. The Morgan fingerprint density at radius 3 is 2.52 bits per heavy atom. The summed E-state index contributed by atoms with van der Waals surface area (Å²) in [6, 6.07) is 20.3. The molecule has 42 heavy (non-hydrogen) atoms. The zero-order valence-corrected chi connectivity index (χ0v) is 24.0. The van der Waals surface area contributed by atoms with Crippen molar-refractivity contribution in [2.75, 3.05) is 38.7 Å². The number of aliphatic imine (C=N–C) groups is 3. The second-order valence-electron chi connectivity index (χ2n) is 8.83. The number of pyridine rings is 1.